The summed E-state index contributed by atoms with van der Waals surface area (Å²) in [5, 5.41) is 2.98. The van der Waals surface area contributed by atoms with Crippen LogP contribution in [0, 0.1) is 5.92 Å². The minimum atomic E-state index is -0.753. The summed E-state index contributed by atoms with van der Waals surface area (Å²) >= 11 is 0. The number of esters is 1. The number of hydrogen-bond acceptors (Lipinski definition) is 4. The van der Waals surface area contributed by atoms with Gasteiger partial charge in [0, 0.05) is 17.5 Å². The van der Waals surface area contributed by atoms with Crippen molar-refractivity contribution in [1.82, 2.24) is 5.32 Å². The van der Waals surface area contributed by atoms with E-state index < -0.39 is 23.7 Å². The van der Waals surface area contributed by atoms with Gasteiger partial charge in [-0.05, 0) is 38.7 Å². The van der Waals surface area contributed by atoms with Crippen molar-refractivity contribution in [2.45, 2.75) is 65.1 Å². The summed E-state index contributed by atoms with van der Waals surface area (Å²) < 4.78 is 5.63. The molecule has 5 heteroatoms. The first-order valence-electron chi connectivity index (χ1n) is 12.9. The van der Waals surface area contributed by atoms with Crippen molar-refractivity contribution in [2.75, 3.05) is 0 Å². The van der Waals surface area contributed by atoms with Crippen molar-refractivity contribution in [1.29, 1.82) is 0 Å². The van der Waals surface area contributed by atoms with Crippen molar-refractivity contribution in [3.05, 3.63) is 108 Å². The number of carbonyl (C=O) groups is 2. The number of amides is 1. The van der Waals surface area contributed by atoms with Gasteiger partial charge in [0.1, 0.15) is 17.7 Å². The predicted molar refractivity (Wildman–Crippen MR) is 150 cm³/mol. The zero-order valence-electron chi connectivity index (χ0n) is 22.5. The fraction of sp³-hybridized carbons (Fsp3) is 0.344. The third-order valence-electron chi connectivity index (χ3n) is 5.67. The summed E-state index contributed by atoms with van der Waals surface area (Å²) in [6.45, 7) is 9.52. The van der Waals surface area contributed by atoms with Gasteiger partial charge in [0.25, 0.3) is 0 Å². The number of hydrogen-bond donors (Lipinski definition) is 1. The number of carbonyl (C=O) groups excluding carboxylic acids is 2. The van der Waals surface area contributed by atoms with Gasteiger partial charge in [0.05, 0.1) is 5.71 Å². The number of nitrogens with one attached hydrogen (secondary N) is 1. The van der Waals surface area contributed by atoms with Crippen LogP contribution in [0.2, 0.25) is 0 Å². The average Bonchev–Trinajstić information content (AvgIpc) is 2.86. The fourth-order valence-corrected chi connectivity index (χ4v) is 4.02. The molecule has 2 atom stereocenters. The molecule has 0 unspecified atom stereocenters. The summed E-state index contributed by atoms with van der Waals surface area (Å²) in [5.74, 6) is -0.536. The smallest absolute Gasteiger partial charge is 0.329 e. The lowest BCUT2D eigenvalue weighted by Gasteiger charge is -2.26. The highest BCUT2D eigenvalue weighted by Crippen LogP contribution is 2.17. The second-order valence-electron chi connectivity index (χ2n) is 10.6. The molecule has 0 fully saturated rings. The second kappa shape index (κ2) is 13.0. The molecule has 0 aliphatic carbocycles. The average molecular weight is 499 g/mol. The lowest BCUT2D eigenvalue weighted by atomic mass is 9.99. The van der Waals surface area contributed by atoms with Crippen LogP contribution >= 0.6 is 0 Å². The van der Waals surface area contributed by atoms with Crippen LogP contribution in [-0.4, -0.2) is 35.3 Å². The van der Waals surface area contributed by atoms with Crippen LogP contribution in [0.5, 0.6) is 0 Å². The predicted octanol–water partition coefficient (Wildman–Crippen LogP) is 6.01. The molecular formula is C32H38N2O3. The minimum absolute atomic E-state index is 0.193. The van der Waals surface area contributed by atoms with Crippen molar-refractivity contribution >= 4 is 17.6 Å². The number of nitrogens with zero attached hydrogens (tertiary/aromatic N) is 1. The maximum atomic E-state index is 13.8. The normalized spacial score (nSPS) is 12.9. The van der Waals surface area contributed by atoms with Gasteiger partial charge in [0.2, 0.25) is 5.91 Å². The fourth-order valence-electron chi connectivity index (χ4n) is 4.02. The van der Waals surface area contributed by atoms with E-state index in [9.17, 15) is 9.59 Å². The van der Waals surface area contributed by atoms with Crippen molar-refractivity contribution in [3.8, 4) is 0 Å². The zero-order valence-corrected chi connectivity index (χ0v) is 22.5. The van der Waals surface area contributed by atoms with Gasteiger partial charge in [-0.3, -0.25) is 9.79 Å². The Kier molecular flexibility index (Phi) is 9.78. The van der Waals surface area contributed by atoms with Gasteiger partial charge >= 0.3 is 5.97 Å². The van der Waals surface area contributed by atoms with Crippen LogP contribution < -0.4 is 5.32 Å². The molecule has 0 aliphatic heterocycles. The van der Waals surface area contributed by atoms with Gasteiger partial charge in [-0.15, -0.1) is 0 Å². The molecule has 5 nitrogen and oxygen atoms in total. The van der Waals surface area contributed by atoms with Gasteiger partial charge in [-0.25, -0.2) is 4.79 Å². The van der Waals surface area contributed by atoms with E-state index in [0.29, 0.717) is 12.8 Å². The molecule has 0 spiro atoms. The van der Waals surface area contributed by atoms with Crippen LogP contribution in [0.1, 0.15) is 57.7 Å². The van der Waals surface area contributed by atoms with Crippen LogP contribution in [0.4, 0.5) is 0 Å². The maximum absolute atomic E-state index is 13.8. The van der Waals surface area contributed by atoms with Gasteiger partial charge in [-0.1, -0.05) is 105 Å². The minimum Gasteiger partial charge on any atom is -0.458 e. The topological polar surface area (TPSA) is 67.8 Å². The molecule has 0 aromatic heterocycles. The zero-order chi connectivity index (χ0) is 26.8. The molecule has 0 heterocycles. The van der Waals surface area contributed by atoms with Crippen LogP contribution in [0.15, 0.2) is 96.0 Å². The number of rotatable bonds is 10. The summed E-state index contributed by atoms with van der Waals surface area (Å²) in [5.41, 5.74) is 2.92. The Balaban J connectivity index is 2.01. The quantitative estimate of drug-likeness (QED) is 0.275. The van der Waals surface area contributed by atoms with Gasteiger partial charge in [-0.2, -0.15) is 0 Å². The molecule has 1 N–H and O–H groups in total. The summed E-state index contributed by atoms with van der Waals surface area (Å²) in [7, 11) is 0. The first-order chi connectivity index (χ1) is 17.6. The number of benzene rings is 3. The van der Waals surface area contributed by atoms with E-state index in [-0.39, 0.29) is 11.8 Å². The van der Waals surface area contributed by atoms with Crippen LogP contribution in [-0.2, 0) is 20.7 Å². The first-order valence-corrected chi connectivity index (χ1v) is 12.9. The van der Waals surface area contributed by atoms with Crippen LogP contribution in [0.3, 0.4) is 0 Å². The van der Waals surface area contributed by atoms with E-state index in [4.69, 9.17) is 9.73 Å². The molecule has 0 aliphatic rings. The monoisotopic (exact) mass is 498 g/mol. The summed E-state index contributed by atoms with van der Waals surface area (Å²) in [6.07, 6.45) is 0.880. The Morgan fingerprint density at radius 2 is 1.30 bits per heavy atom. The van der Waals surface area contributed by atoms with E-state index in [1.54, 1.807) is 0 Å². The largest absolute Gasteiger partial charge is 0.458 e. The Bertz CT molecular complexity index is 1130. The number of aliphatic imine (C=N–C) groups is 1. The summed E-state index contributed by atoms with van der Waals surface area (Å²) in [4.78, 5) is 31.8. The molecule has 37 heavy (non-hydrogen) atoms. The lowest BCUT2D eigenvalue weighted by molar-refractivity contribution is -0.159. The summed E-state index contributed by atoms with van der Waals surface area (Å²) in [6, 6.07) is 28.0. The van der Waals surface area contributed by atoms with E-state index >= 15 is 0 Å². The molecule has 3 aromatic rings. The standard InChI is InChI=1S/C32H38N2O3/c1-23(2)21-28(31(36)37-32(3,4)5)34-30(35)27(22-24-15-9-6-10-16-24)33-29(25-17-11-7-12-18-25)26-19-13-8-14-20-26/h6-20,23,27-28H,21-22H2,1-5H3,(H,34,35)/t27-,28+/m1/s1. The van der Waals surface area contributed by atoms with Crippen molar-refractivity contribution in [2.24, 2.45) is 10.9 Å². The Morgan fingerprint density at radius 1 is 0.811 bits per heavy atom. The molecular weight excluding hydrogens is 460 g/mol. The molecule has 3 rings (SSSR count). The molecule has 0 saturated carbocycles. The molecule has 0 saturated heterocycles. The van der Waals surface area contributed by atoms with E-state index in [1.807, 2.05) is 126 Å². The van der Waals surface area contributed by atoms with Gasteiger partial charge < -0.3 is 10.1 Å². The highest BCUT2D eigenvalue weighted by Gasteiger charge is 2.30. The van der Waals surface area contributed by atoms with Crippen molar-refractivity contribution < 1.29 is 14.3 Å². The van der Waals surface area contributed by atoms with E-state index in [0.717, 1.165) is 22.4 Å². The second-order valence-corrected chi connectivity index (χ2v) is 10.6. The third kappa shape index (κ3) is 9.02. The molecule has 194 valence electrons. The van der Waals surface area contributed by atoms with Crippen molar-refractivity contribution in [3.63, 3.8) is 0 Å². The Morgan fingerprint density at radius 3 is 1.76 bits per heavy atom. The Hall–Kier alpha value is -3.73. The number of ether oxygens (including phenoxy) is 1. The van der Waals surface area contributed by atoms with E-state index in [2.05, 4.69) is 5.32 Å². The molecule has 0 radical (unpaired) electrons. The Labute approximate surface area is 221 Å². The molecule has 3 aromatic carbocycles. The molecule has 0 bridgehead atoms. The first kappa shape index (κ1) is 27.9. The highest BCUT2D eigenvalue weighted by atomic mass is 16.6. The maximum Gasteiger partial charge on any atom is 0.329 e. The van der Waals surface area contributed by atoms with Crippen LogP contribution in [0.25, 0.3) is 0 Å². The molecule has 1 amide bonds. The lowest BCUT2D eigenvalue weighted by Crippen LogP contribution is -2.48. The highest BCUT2D eigenvalue weighted by molar-refractivity contribution is 6.13. The van der Waals surface area contributed by atoms with E-state index in [1.165, 1.54) is 0 Å². The SMILES string of the molecule is CC(C)C[C@H](NC(=O)[C@@H](Cc1ccccc1)N=C(c1ccccc1)c1ccccc1)C(=O)OC(C)(C)C. The third-order valence-corrected chi connectivity index (χ3v) is 5.67. The van der Waals surface area contributed by atoms with Gasteiger partial charge in [0.15, 0.2) is 0 Å².